The van der Waals surface area contributed by atoms with Crippen molar-refractivity contribution < 1.29 is 4.74 Å². The van der Waals surface area contributed by atoms with E-state index in [0.29, 0.717) is 5.92 Å². The lowest BCUT2D eigenvalue weighted by Crippen LogP contribution is -2.47. The Morgan fingerprint density at radius 2 is 1.75 bits per heavy atom. The Bertz CT molecular complexity index is 137. The standard InChI is InChI=1S/C10H21NO/c1-9(2)10(12-4)5-7-11(3)8-6-10/h9H,5-8H2,1-4H3. The van der Waals surface area contributed by atoms with Crippen LogP contribution in [0.2, 0.25) is 0 Å². The Hall–Kier alpha value is -0.0800. The van der Waals surface area contributed by atoms with E-state index in [0.717, 1.165) is 0 Å². The summed E-state index contributed by atoms with van der Waals surface area (Å²) in [6.45, 7) is 6.86. The minimum Gasteiger partial charge on any atom is -0.378 e. The lowest BCUT2D eigenvalue weighted by molar-refractivity contribution is -0.0853. The predicted octanol–water partition coefficient (Wildman–Crippen LogP) is 1.75. The first-order valence-electron chi connectivity index (χ1n) is 4.84. The van der Waals surface area contributed by atoms with Crippen LogP contribution < -0.4 is 0 Å². The minimum absolute atomic E-state index is 0.159. The minimum atomic E-state index is 0.159. The molecule has 0 amide bonds. The van der Waals surface area contributed by atoms with Crippen LogP contribution in [0.5, 0.6) is 0 Å². The normalized spacial score (nSPS) is 24.8. The summed E-state index contributed by atoms with van der Waals surface area (Å²) in [6.07, 6.45) is 2.36. The van der Waals surface area contributed by atoms with Gasteiger partial charge in [0, 0.05) is 20.2 Å². The number of hydrogen-bond donors (Lipinski definition) is 0. The lowest BCUT2D eigenvalue weighted by atomic mass is 9.81. The monoisotopic (exact) mass is 171 g/mol. The highest BCUT2D eigenvalue weighted by atomic mass is 16.5. The summed E-state index contributed by atoms with van der Waals surface area (Å²) >= 11 is 0. The molecule has 2 heteroatoms. The Morgan fingerprint density at radius 1 is 1.25 bits per heavy atom. The molecule has 1 saturated heterocycles. The van der Waals surface area contributed by atoms with Crippen molar-refractivity contribution in [2.45, 2.75) is 32.3 Å². The Morgan fingerprint density at radius 3 is 2.08 bits per heavy atom. The van der Waals surface area contributed by atoms with E-state index in [1.54, 1.807) is 0 Å². The van der Waals surface area contributed by atoms with Crippen LogP contribution in [-0.2, 0) is 4.74 Å². The SMILES string of the molecule is COC1(C(C)C)CCN(C)CC1. The molecule has 0 unspecified atom stereocenters. The van der Waals surface area contributed by atoms with Gasteiger partial charge in [0.2, 0.25) is 0 Å². The second-order valence-electron chi connectivity index (χ2n) is 4.23. The van der Waals surface area contributed by atoms with Gasteiger partial charge in [0.1, 0.15) is 0 Å². The number of methoxy groups -OCH3 is 1. The largest absolute Gasteiger partial charge is 0.378 e. The van der Waals surface area contributed by atoms with Crippen molar-refractivity contribution in [1.29, 1.82) is 0 Å². The first-order chi connectivity index (χ1) is 5.60. The van der Waals surface area contributed by atoms with Gasteiger partial charge in [-0.15, -0.1) is 0 Å². The van der Waals surface area contributed by atoms with E-state index in [2.05, 4.69) is 25.8 Å². The highest BCUT2D eigenvalue weighted by molar-refractivity contribution is 4.89. The molecule has 1 heterocycles. The third-order valence-electron chi connectivity index (χ3n) is 3.29. The highest BCUT2D eigenvalue weighted by Crippen LogP contribution is 2.32. The summed E-state index contributed by atoms with van der Waals surface area (Å²) in [5.41, 5.74) is 0.159. The van der Waals surface area contributed by atoms with Crippen LogP contribution in [0.4, 0.5) is 0 Å². The van der Waals surface area contributed by atoms with Crippen molar-refractivity contribution in [3.63, 3.8) is 0 Å². The average Bonchev–Trinajstić information content (AvgIpc) is 2.06. The third kappa shape index (κ3) is 1.80. The van der Waals surface area contributed by atoms with Gasteiger partial charge >= 0.3 is 0 Å². The summed E-state index contributed by atoms with van der Waals surface area (Å²) in [5.74, 6) is 0.635. The first-order valence-corrected chi connectivity index (χ1v) is 4.84. The van der Waals surface area contributed by atoms with E-state index < -0.39 is 0 Å². The summed E-state index contributed by atoms with van der Waals surface area (Å²) < 4.78 is 5.66. The Labute approximate surface area is 75.9 Å². The second kappa shape index (κ2) is 3.75. The topological polar surface area (TPSA) is 12.5 Å². The maximum Gasteiger partial charge on any atom is 0.0725 e. The molecule has 0 aromatic heterocycles. The van der Waals surface area contributed by atoms with Crippen LogP contribution in [0.25, 0.3) is 0 Å². The fourth-order valence-corrected chi connectivity index (χ4v) is 2.01. The van der Waals surface area contributed by atoms with Crippen LogP contribution >= 0.6 is 0 Å². The van der Waals surface area contributed by atoms with E-state index in [1.807, 2.05) is 7.11 Å². The van der Waals surface area contributed by atoms with Crippen LogP contribution in [0, 0.1) is 5.92 Å². The van der Waals surface area contributed by atoms with Gasteiger partial charge in [0.15, 0.2) is 0 Å². The summed E-state index contributed by atoms with van der Waals surface area (Å²) in [4.78, 5) is 2.37. The predicted molar refractivity (Wildman–Crippen MR) is 51.3 cm³/mol. The molecule has 0 bridgehead atoms. The van der Waals surface area contributed by atoms with E-state index in [4.69, 9.17) is 4.74 Å². The Kier molecular flexibility index (Phi) is 3.13. The molecule has 1 aliphatic heterocycles. The molecule has 12 heavy (non-hydrogen) atoms. The van der Waals surface area contributed by atoms with Gasteiger partial charge in [-0.25, -0.2) is 0 Å². The zero-order valence-corrected chi connectivity index (χ0v) is 8.76. The summed E-state index contributed by atoms with van der Waals surface area (Å²) in [7, 11) is 4.03. The molecule has 0 aromatic carbocycles. The van der Waals surface area contributed by atoms with E-state index in [1.165, 1.54) is 25.9 Å². The Balaban J connectivity index is 2.57. The van der Waals surface area contributed by atoms with Gasteiger partial charge in [-0.05, 0) is 25.8 Å². The van der Waals surface area contributed by atoms with Crippen LogP contribution in [0.15, 0.2) is 0 Å². The van der Waals surface area contributed by atoms with Crippen molar-refractivity contribution in [1.82, 2.24) is 4.90 Å². The van der Waals surface area contributed by atoms with E-state index in [9.17, 15) is 0 Å². The molecule has 0 radical (unpaired) electrons. The summed E-state index contributed by atoms with van der Waals surface area (Å²) in [5, 5.41) is 0. The quantitative estimate of drug-likeness (QED) is 0.627. The number of piperidine rings is 1. The van der Waals surface area contributed by atoms with Gasteiger partial charge in [-0.2, -0.15) is 0 Å². The maximum atomic E-state index is 5.66. The highest BCUT2D eigenvalue weighted by Gasteiger charge is 2.36. The number of likely N-dealkylation sites (tertiary alicyclic amines) is 1. The van der Waals surface area contributed by atoms with Crippen LogP contribution in [-0.4, -0.2) is 37.7 Å². The van der Waals surface area contributed by atoms with Crippen molar-refractivity contribution in [3.8, 4) is 0 Å². The van der Waals surface area contributed by atoms with Gasteiger partial charge in [0.25, 0.3) is 0 Å². The molecular formula is C10H21NO. The summed E-state index contributed by atoms with van der Waals surface area (Å²) in [6, 6.07) is 0. The van der Waals surface area contributed by atoms with Crippen LogP contribution in [0.1, 0.15) is 26.7 Å². The number of rotatable bonds is 2. The van der Waals surface area contributed by atoms with Gasteiger partial charge < -0.3 is 9.64 Å². The molecule has 1 rings (SSSR count). The lowest BCUT2D eigenvalue weighted by Gasteiger charge is -2.42. The molecule has 72 valence electrons. The van der Waals surface area contributed by atoms with Crippen molar-refractivity contribution in [2.75, 3.05) is 27.2 Å². The number of hydrogen-bond acceptors (Lipinski definition) is 2. The number of ether oxygens (including phenoxy) is 1. The molecular weight excluding hydrogens is 150 g/mol. The third-order valence-corrected chi connectivity index (χ3v) is 3.29. The van der Waals surface area contributed by atoms with E-state index in [-0.39, 0.29) is 5.60 Å². The molecule has 1 fully saturated rings. The van der Waals surface area contributed by atoms with E-state index >= 15 is 0 Å². The molecule has 0 aromatic rings. The second-order valence-corrected chi connectivity index (χ2v) is 4.23. The fraction of sp³-hybridized carbons (Fsp3) is 1.00. The molecule has 0 N–H and O–H groups in total. The zero-order valence-electron chi connectivity index (χ0n) is 8.76. The zero-order chi connectivity index (χ0) is 9.19. The maximum absolute atomic E-state index is 5.66. The average molecular weight is 171 g/mol. The van der Waals surface area contributed by atoms with Crippen molar-refractivity contribution in [3.05, 3.63) is 0 Å². The first kappa shape index (κ1) is 10.0. The molecule has 0 spiro atoms. The molecule has 0 atom stereocenters. The van der Waals surface area contributed by atoms with Gasteiger partial charge in [-0.1, -0.05) is 13.8 Å². The fourth-order valence-electron chi connectivity index (χ4n) is 2.01. The molecule has 2 nitrogen and oxygen atoms in total. The molecule has 0 aliphatic carbocycles. The van der Waals surface area contributed by atoms with Crippen molar-refractivity contribution in [2.24, 2.45) is 5.92 Å². The smallest absolute Gasteiger partial charge is 0.0725 e. The van der Waals surface area contributed by atoms with Gasteiger partial charge in [0.05, 0.1) is 5.60 Å². The van der Waals surface area contributed by atoms with Gasteiger partial charge in [-0.3, -0.25) is 0 Å². The van der Waals surface area contributed by atoms with Crippen molar-refractivity contribution >= 4 is 0 Å². The molecule has 0 saturated carbocycles. The van der Waals surface area contributed by atoms with Crippen LogP contribution in [0.3, 0.4) is 0 Å². The number of nitrogens with zero attached hydrogens (tertiary/aromatic N) is 1. The molecule has 1 aliphatic rings.